The molecule has 4 aromatic carbocycles. The van der Waals surface area contributed by atoms with E-state index in [2.05, 4.69) is 57.1 Å². The highest BCUT2D eigenvalue weighted by atomic mass is 16.6. The highest BCUT2D eigenvalue weighted by Crippen LogP contribution is 2.58. The van der Waals surface area contributed by atoms with Crippen molar-refractivity contribution < 1.29 is 44.5 Å². The average Bonchev–Trinajstić information content (AvgIpc) is 3.73. The van der Waals surface area contributed by atoms with Crippen molar-refractivity contribution in [3.05, 3.63) is 98.6 Å². The number of fused-ring (bicyclic) bond motifs is 13. The molecule has 0 radical (unpaired) electrons. The molecular formula is C48H54N4O9. The summed E-state index contributed by atoms with van der Waals surface area (Å²) in [5.74, 6) is 8.40. The van der Waals surface area contributed by atoms with E-state index >= 15 is 0 Å². The minimum atomic E-state index is -1.21. The first-order chi connectivity index (χ1) is 29.7. The smallest absolute Gasteiger partial charge is 0.161 e. The van der Waals surface area contributed by atoms with E-state index in [0.29, 0.717) is 68.9 Å². The van der Waals surface area contributed by atoms with E-state index in [1.807, 2.05) is 19.2 Å². The largest absolute Gasteiger partial charge is 0.508 e. The summed E-state index contributed by atoms with van der Waals surface area (Å²) in [6.07, 6.45) is 2.67. The molecule has 5 aliphatic rings. The molecule has 0 spiro atoms. The number of aliphatic hydroxyl groups excluding tert-OH is 3. The topological polar surface area (TPSA) is 187 Å². The van der Waals surface area contributed by atoms with Crippen molar-refractivity contribution in [2.45, 2.75) is 87.4 Å². The summed E-state index contributed by atoms with van der Waals surface area (Å²) in [7, 11) is 1.82. The van der Waals surface area contributed by atoms with Crippen LogP contribution in [0.3, 0.4) is 0 Å². The summed E-state index contributed by atoms with van der Waals surface area (Å²) < 4.78 is 27.5. The molecule has 0 aromatic heterocycles. The third-order valence-corrected chi connectivity index (χ3v) is 12.6. The zero-order valence-electron chi connectivity index (χ0n) is 34.5. The molecule has 9 rings (SSSR count). The van der Waals surface area contributed by atoms with Crippen LogP contribution in [0.5, 0.6) is 28.7 Å². The second kappa shape index (κ2) is 17.3. The summed E-state index contributed by atoms with van der Waals surface area (Å²) >= 11 is 0. The van der Waals surface area contributed by atoms with Crippen molar-refractivity contribution in [1.82, 2.24) is 16.0 Å². The van der Waals surface area contributed by atoms with Crippen molar-refractivity contribution >= 4 is 6.08 Å². The predicted molar refractivity (Wildman–Crippen MR) is 228 cm³/mol. The molecule has 320 valence electrons. The second-order valence-corrected chi connectivity index (χ2v) is 16.8. The van der Waals surface area contributed by atoms with Crippen LogP contribution in [-0.4, -0.2) is 102 Å². The van der Waals surface area contributed by atoms with Crippen molar-refractivity contribution in [3.63, 3.8) is 0 Å². The molecule has 61 heavy (non-hydrogen) atoms. The van der Waals surface area contributed by atoms with Gasteiger partial charge in [-0.3, -0.25) is 15.6 Å². The average molecular weight is 831 g/mol. The van der Waals surface area contributed by atoms with Gasteiger partial charge in [0.25, 0.3) is 0 Å². The summed E-state index contributed by atoms with van der Waals surface area (Å²) in [5, 5.41) is 65.1. The van der Waals surface area contributed by atoms with Crippen LogP contribution in [0, 0.1) is 11.8 Å². The zero-order valence-corrected chi connectivity index (χ0v) is 34.5. The van der Waals surface area contributed by atoms with E-state index in [1.165, 1.54) is 5.56 Å². The summed E-state index contributed by atoms with van der Waals surface area (Å²) in [5.41, 5.74) is 6.47. The van der Waals surface area contributed by atoms with Gasteiger partial charge >= 0.3 is 0 Å². The van der Waals surface area contributed by atoms with Crippen LogP contribution < -0.4 is 40.7 Å². The van der Waals surface area contributed by atoms with Gasteiger partial charge in [0.2, 0.25) is 0 Å². The van der Waals surface area contributed by atoms with E-state index in [1.54, 1.807) is 31.2 Å². The standard InChI is InChI=1S/C48H54N4O9/c1-27(55)22-50-25-52-43-5-3-4-33(23-53)59-42-19-30(7-13-41(42)57)47-48(43,58-26-49-2)21-39-38-18-31(17-28-6-12-40-29(16-28)14-15-51-40)37-20-32(56)8-10-35(37)44(38)46-36(45(39)61-47)11-9-34(24-54)60-46/h6-8,10,12-14,16,19-20,27,31,33-34,43,47,49-50,52-57H,4,9,11,15,17-18,21-26H2,1-2H3. The SMILES string of the molecule is CNCOC12Cc3c4c(c5c(c3OC1c1ccc(O)c(c1)OC(CO)CC#CC2NCNCC(C)O)CCC(CO)O5)-c1ccc(O)cc1C(Cc1ccc2c(c1)=CCN=2)C4. The summed E-state index contributed by atoms with van der Waals surface area (Å²) in [6.45, 7) is 2.74. The van der Waals surface area contributed by atoms with Crippen LogP contribution >= 0.6 is 0 Å². The number of phenols is 2. The Bertz CT molecular complexity index is 2500. The molecule has 7 unspecified atom stereocenters. The fraction of sp³-hybridized carbons (Fsp3) is 0.438. The van der Waals surface area contributed by atoms with Crippen LogP contribution in [0.15, 0.2) is 59.6 Å². The van der Waals surface area contributed by atoms with Gasteiger partial charge in [-0.25, -0.2) is 0 Å². The van der Waals surface area contributed by atoms with E-state index in [0.717, 1.165) is 44.0 Å². The lowest BCUT2D eigenvalue weighted by Crippen LogP contribution is -2.62. The summed E-state index contributed by atoms with van der Waals surface area (Å²) in [4.78, 5) is 4.60. The third kappa shape index (κ3) is 7.83. The van der Waals surface area contributed by atoms with Gasteiger partial charge in [-0.15, -0.1) is 0 Å². The van der Waals surface area contributed by atoms with Gasteiger partial charge in [-0.05, 0) is 115 Å². The van der Waals surface area contributed by atoms with Gasteiger partial charge in [0, 0.05) is 42.7 Å². The van der Waals surface area contributed by atoms with E-state index < -0.39 is 36.1 Å². The zero-order chi connectivity index (χ0) is 42.3. The Morgan fingerprint density at radius 3 is 2.66 bits per heavy atom. The predicted octanol–water partition coefficient (Wildman–Crippen LogP) is 2.39. The van der Waals surface area contributed by atoms with Gasteiger partial charge in [0.15, 0.2) is 17.6 Å². The molecule has 13 nitrogen and oxygen atoms in total. The number of nitrogens with one attached hydrogen (secondary N) is 3. The van der Waals surface area contributed by atoms with E-state index in [-0.39, 0.29) is 49.5 Å². The Labute approximate surface area is 355 Å². The number of benzene rings is 4. The molecule has 0 fully saturated rings. The highest BCUT2D eigenvalue weighted by molar-refractivity contribution is 5.85. The number of phenolic OH excluding ortho intramolecular Hbond substituents is 2. The molecule has 4 aromatic rings. The first kappa shape index (κ1) is 41.2. The Morgan fingerprint density at radius 1 is 0.967 bits per heavy atom. The second-order valence-electron chi connectivity index (χ2n) is 16.8. The molecule has 7 atom stereocenters. The lowest BCUT2D eigenvalue weighted by atomic mass is 9.69. The first-order valence-corrected chi connectivity index (χ1v) is 21.3. The fourth-order valence-electron chi connectivity index (χ4n) is 9.73. The third-order valence-electron chi connectivity index (χ3n) is 12.6. The number of ether oxygens (including phenoxy) is 4. The molecule has 4 aliphatic heterocycles. The van der Waals surface area contributed by atoms with Crippen LogP contribution in [-0.2, 0) is 30.4 Å². The van der Waals surface area contributed by atoms with Crippen LogP contribution in [0.25, 0.3) is 17.2 Å². The van der Waals surface area contributed by atoms with Crippen LogP contribution in [0.4, 0.5) is 0 Å². The minimum Gasteiger partial charge on any atom is -0.508 e. The van der Waals surface area contributed by atoms with Crippen LogP contribution in [0.1, 0.15) is 65.2 Å². The molecule has 0 saturated heterocycles. The molecule has 13 heteroatoms. The highest BCUT2D eigenvalue weighted by Gasteiger charge is 2.54. The molecule has 0 amide bonds. The summed E-state index contributed by atoms with van der Waals surface area (Å²) in [6, 6.07) is 16.5. The van der Waals surface area contributed by atoms with Gasteiger partial charge in [-0.2, -0.15) is 0 Å². The molecule has 1 aliphatic carbocycles. The molecular weight excluding hydrogens is 777 g/mol. The van der Waals surface area contributed by atoms with Crippen molar-refractivity contribution in [2.75, 3.05) is 46.8 Å². The fourth-order valence-corrected chi connectivity index (χ4v) is 9.73. The van der Waals surface area contributed by atoms with Crippen molar-refractivity contribution in [3.8, 4) is 51.7 Å². The molecule has 0 saturated carbocycles. The van der Waals surface area contributed by atoms with Crippen molar-refractivity contribution in [1.29, 1.82) is 0 Å². The number of aliphatic hydroxyl groups is 3. The lowest BCUT2D eigenvalue weighted by Gasteiger charge is -2.49. The number of rotatable bonds is 12. The van der Waals surface area contributed by atoms with Crippen LogP contribution in [0.2, 0.25) is 0 Å². The van der Waals surface area contributed by atoms with Gasteiger partial charge in [-0.1, -0.05) is 36.1 Å². The number of nitrogens with zero attached hydrogens (tertiary/aromatic N) is 1. The minimum absolute atomic E-state index is 0.0320. The molecule has 4 heterocycles. The maximum Gasteiger partial charge on any atom is 0.161 e. The number of aromatic hydroxyl groups is 2. The monoisotopic (exact) mass is 830 g/mol. The number of hydrogen-bond donors (Lipinski definition) is 8. The van der Waals surface area contributed by atoms with Gasteiger partial charge < -0.3 is 49.8 Å². The van der Waals surface area contributed by atoms with Gasteiger partial charge in [0.1, 0.15) is 41.1 Å². The Hall–Kier alpha value is -5.17. The van der Waals surface area contributed by atoms with E-state index in [9.17, 15) is 25.5 Å². The first-order valence-electron chi connectivity index (χ1n) is 21.3. The molecule has 8 N–H and O–H groups in total. The lowest BCUT2D eigenvalue weighted by molar-refractivity contribution is -0.141. The normalized spacial score (nSPS) is 24.7. The Kier molecular flexibility index (Phi) is 11.7. The maximum atomic E-state index is 11.0. The quantitative estimate of drug-likeness (QED) is 0.0594. The van der Waals surface area contributed by atoms with Gasteiger partial charge in [0.05, 0.1) is 38.0 Å². The Morgan fingerprint density at radius 2 is 1.84 bits per heavy atom. The molecule has 2 bridgehead atoms. The van der Waals surface area contributed by atoms with Crippen molar-refractivity contribution in [2.24, 2.45) is 4.99 Å². The number of hydrogen-bond acceptors (Lipinski definition) is 13. The van der Waals surface area contributed by atoms with E-state index in [4.69, 9.17) is 18.9 Å². The Balaban J connectivity index is 1.27. The maximum absolute atomic E-state index is 11.0.